The third-order valence-corrected chi connectivity index (χ3v) is 5.37. The minimum Gasteiger partial charge on any atom is -0.349 e. The van der Waals surface area contributed by atoms with Gasteiger partial charge in [0.15, 0.2) is 0 Å². The van der Waals surface area contributed by atoms with Gasteiger partial charge in [-0.15, -0.1) is 0 Å². The highest BCUT2D eigenvalue weighted by molar-refractivity contribution is 5.78. The summed E-state index contributed by atoms with van der Waals surface area (Å²) in [6, 6.07) is 0. The summed E-state index contributed by atoms with van der Waals surface area (Å²) in [5.74, 6) is 1.39. The number of aryl methyl sites for hydroxylation is 1. The van der Waals surface area contributed by atoms with Gasteiger partial charge in [-0.05, 0) is 50.0 Å². The third kappa shape index (κ3) is 2.94. The van der Waals surface area contributed by atoms with E-state index in [2.05, 4.69) is 14.9 Å². The van der Waals surface area contributed by atoms with Crippen molar-refractivity contribution in [3.05, 3.63) is 18.0 Å². The molecule has 1 aromatic rings. The largest absolute Gasteiger partial charge is 0.349 e. The zero-order chi connectivity index (χ0) is 15.7. The van der Waals surface area contributed by atoms with Crippen LogP contribution in [0.2, 0.25) is 0 Å². The standard InChI is InChI=1S/C17H26N4O/c1-13-11-18-16(19-12-13)21-8-6-17(7-9-21)5-4-14(10-17)15(22)20(2)3/h11-12,14H,4-10H2,1-3H3/t14-/m1/s1. The fraction of sp³-hybridized carbons (Fsp3) is 0.706. The second kappa shape index (κ2) is 5.86. The SMILES string of the molecule is Cc1cnc(N2CCC3(CC[C@@H](C(=O)N(C)C)C3)CC2)nc1. The van der Waals surface area contributed by atoms with Crippen LogP contribution in [0.4, 0.5) is 5.95 Å². The van der Waals surface area contributed by atoms with Crippen molar-refractivity contribution in [1.82, 2.24) is 14.9 Å². The van der Waals surface area contributed by atoms with Gasteiger partial charge in [0.1, 0.15) is 0 Å². The molecule has 1 atom stereocenters. The van der Waals surface area contributed by atoms with Crippen LogP contribution in [0.15, 0.2) is 12.4 Å². The quantitative estimate of drug-likeness (QED) is 0.841. The highest BCUT2D eigenvalue weighted by Gasteiger charge is 2.44. The van der Waals surface area contributed by atoms with E-state index in [1.807, 2.05) is 33.4 Å². The van der Waals surface area contributed by atoms with Crippen LogP contribution in [-0.4, -0.2) is 48.0 Å². The van der Waals surface area contributed by atoms with E-state index in [0.717, 1.165) is 50.3 Å². The molecule has 2 heterocycles. The van der Waals surface area contributed by atoms with Crippen molar-refractivity contribution in [1.29, 1.82) is 0 Å². The molecule has 0 unspecified atom stereocenters. The van der Waals surface area contributed by atoms with Crippen LogP contribution in [0.3, 0.4) is 0 Å². The lowest BCUT2D eigenvalue weighted by Gasteiger charge is -2.39. The first-order valence-electron chi connectivity index (χ1n) is 8.24. The minimum absolute atomic E-state index is 0.233. The van der Waals surface area contributed by atoms with E-state index < -0.39 is 0 Å². The highest BCUT2D eigenvalue weighted by Crippen LogP contribution is 2.49. The fourth-order valence-corrected chi connectivity index (χ4v) is 3.97. The molecule has 0 radical (unpaired) electrons. The Kier molecular flexibility index (Phi) is 4.06. The van der Waals surface area contributed by atoms with E-state index in [9.17, 15) is 4.79 Å². The molecule has 1 amide bonds. The Balaban J connectivity index is 1.60. The van der Waals surface area contributed by atoms with E-state index in [-0.39, 0.29) is 5.92 Å². The van der Waals surface area contributed by atoms with Crippen LogP contribution in [0.25, 0.3) is 0 Å². The topological polar surface area (TPSA) is 49.3 Å². The van der Waals surface area contributed by atoms with Gasteiger partial charge < -0.3 is 9.80 Å². The Morgan fingerprint density at radius 2 is 1.86 bits per heavy atom. The van der Waals surface area contributed by atoms with Gasteiger partial charge in [-0.1, -0.05) is 0 Å². The predicted octanol–water partition coefficient (Wildman–Crippen LogP) is 2.26. The lowest BCUT2D eigenvalue weighted by atomic mass is 9.76. The van der Waals surface area contributed by atoms with E-state index in [0.29, 0.717) is 11.3 Å². The van der Waals surface area contributed by atoms with Crippen LogP contribution >= 0.6 is 0 Å². The van der Waals surface area contributed by atoms with Crippen molar-refractivity contribution in [2.75, 3.05) is 32.1 Å². The van der Waals surface area contributed by atoms with Gasteiger partial charge in [-0.2, -0.15) is 0 Å². The first kappa shape index (κ1) is 15.3. The Hall–Kier alpha value is -1.65. The molecule has 5 heteroatoms. The molecule has 1 saturated carbocycles. The number of nitrogens with zero attached hydrogens (tertiary/aromatic N) is 4. The number of carbonyl (C=O) groups excluding carboxylic acids is 1. The van der Waals surface area contributed by atoms with Crippen LogP contribution in [-0.2, 0) is 4.79 Å². The molecule has 1 spiro atoms. The van der Waals surface area contributed by atoms with Crippen LogP contribution in [0.1, 0.15) is 37.7 Å². The molecule has 3 rings (SSSR count). The highest BCUT2D eigenvalue weighted by atomic mass is 16.2. The van der Waals surface area contributed by atoms with Crippen molar-refractivity contribution >= 4 is 11.9 Å². The third-order valence-electron chi connectivity index (χ3n) is 5.37. The van der Waals surface area contributed by atoms with Gasteiger partial charge in [0, 0.05) is 45.5 Å². The van der Waals surface area contributed by atoms with Crippen LogP contribution in [0, 0.1) is 18.3 Å². The zero-order valence-corrected chi connectivity index (χ0v) is 13.9. The summed E-state index contributed by atoms with van der Waals surface area (Å²) in [6.07, 6.45) is 9.38. The number of rotatable bonds is 2. The molecule has 0 bridgehead atoms. The maximum absolute atomic E-state index is 12.2. The Labute approximate surface area is 132 Å². The molecular formula is C17H26N4O. The maximum Gasteiger partial charge on any atom is 0.225 e. The van der Waals surface area contributed by atoms with E-state index in [4.69, 9.17) is 0 Å². The van der Waals surface area contributed by atoms with Crippen molar-refractivity contribution in [2.45, 2.75) is 39.0 Å². The fourth-order valence-electron chi connectivity index (χ4n) is 3.97. The molecule has 5 nitrogen and oxygen atoms in total. The minimum atomic E-state index is 0.233. The van der Waals surface area contributed by atoms with Crippen LogP contribution < -0.4 is 4.90 Å². The average molecular weight is 302 g/mol. The first-order valence-corrected chi connectivity index (χ1v) is 8.24. The summed E-state index contributed by atoms with van der Waals surface area (Å²) in [5, 5.41) is 0. The van der Waals surface area contributed by atoms with E-state index in [1.54, 1.807) is 4.90 Å². The molecular weight excluding hydrogens is 276 g/mol. The van der Waals surface area contributed by atoms with Gasteiger partial charge in [-0.25, -0.2) is 9.97 Å². The number of carbonyl (C=O) groups is 1. The van der Waals surface area contributed by atoms with Gasteiger partial charge in [0.25, 0.3) is 0 Å². The summed E-state index contributed by atoms with van der Waals surface area (Å²) < 4.78 is 0. The molecule has 22 heavy (non-hydrogen) atoms. The molecule has 2 fully saturated rings. The smallest absolute Gasteiger partial charge is 0.225 e. The van der Waals surface area contributed by atoms with Crippen molar-refractivity contribution in [2.24, 2.45) is 11.3 Å². The van der Waals surface area contributed by atoms with Crippen molar-refractivity contribution in [3.8, 4) is 0 Å². The number of anilines is 1. The van der Waals surface area contributed by atoms with Crippen LogP contribution in [0.5, 0.6) is 0 Å². The predicted molar refractivity (Wildman–Crippen MR) is 86.7 cm³/mol. The molecule has 1 aliphatic carbocycles. The summed E-state index contributed by atoms with van der Waals surface area (Å²) in [4.78, 5) is 25.1. The number of amides is 1. The number of aromatic nitrogens is 2. The molecule has 0 N–H and O–H groups in total. The Bertz CT molecular complexity index is 532. The van der Waals surface area contributed by atoms with Gasteiger partial charge in [0.2, 0.25) is 11.9 Å². The van der Waals surface area contributed by atoms with Crippen molar-refractivity contribution in [3.63, 3.8) is 0 Å². The summed E-state index contributed by atoms with van der Waals surface area (Å²) >= 11 is 0. The van der Waals surface area contributed by atoms with Gasteiger partial charge in [-0.3, -0.25) is 4.79 Å². The molecule has 1 aromatic heterocycles. The second-order valence-electron chi connectivity index (χ2n) is 7.22. The van der Waals surface area contributed by atoms with Crippen molar-refractivity contribution < 1.29 is 4.79 Å². The Morgan fingerprint density at radius 3 is 2.45 bits per heavy atom. The zero-order valence-electron chi connectivity index (χ0n) is 13.9. The first-order chi connectivity index (χ1) is 10.5. The van der Waals surface area contributed by atoms with E-state index in [1.165, 1.54) is 6.42 Å². The lowest BCUT2D eigenvalue weighted by molar-refractivity contribution is -0.133. The number of piperidine rings is 1. The molecule has 1 aliphatic heterocycles. The number of hydrogen-bond acceptors (Lipinski definition) is 4. The maximum atomic E-state index is 12.2. The number of hydrogen-bond donors (Lipinski definition) is 0. The summed E-state index contributed by atoms with van der Waals surface area (Å²) in [6.45, 7) is 4.02. The molecule has 2 aliphatic rings. The Morgan fingerprint density at radius 1 is 1.23 bits per heavy atom. The second-order valence-corrected chi connectivity index (χ2v) is 7.22. The monoisotopic (exact) mass is 302 g/mol. The normalized spacial score (nSPS) is 23.8. The summed E-state index contributed by atoms with van der Waals surface area (Å²) in [7, 11) is 3.73. The van der Waals surface area contributed by atoms with E-state index >= 15 is 0 Å². The van der Waals surface area contributed by atoms with Gasteiger partial charge >= 0.3 is 0 Å². The lowest BCUT2D eigenvalue weighted by Crippen LogP contribution is -2.40. The molecule has 120 valence electrons. The molecule has 0 aromatic carbocycles. The van der Waals surface area contributed by atoms with Gasteiger partial charge in [0.05, 0.1) is 0 Å². The average Bonchev–Trinajstić information content (AvgIpc) is 2.92. The summed E-state index contributed by atoms with van der Waals surface area (Å²) in [5.41, 5.74) is 1.47. The molecule has 1 saturated heterocycles.